The average Bonchev–Trinajstić information content (AvgIpc) is 3.27. The molecule has 3 aromatic heterocycles. The summed E-state index contributed by atoms with van der Waals surface area (Å²) in [6, 6.07) is 4.37. The molecule has 0 spiro atoms. The van der Waals surface area contributed by atoms with E-state index in [4.69, 9.17) is 4.74 Å². The van der Waals surface area contributed by atoms with Gasteiger partial charge in [-0.25, -0.2) is 9.97 Å². The molecule has 0 atom stereocenters. The summed E-state index contributed by atoms with van der Waals surface area (Å²) in [5.41, 5.74) is 1.24. The Morgan fingerprint density at radius 3 is 2.21 bits per heavy atom. The van der Waals surface area contributed by atoms with Gasteiger partial charge in [0.25, 0.3) is 0 Å². The third-order valence-electron chi connectivity index (χ3n) is 4.92. The van der Waals surface area contributed by atoms with E-state index >= 15 is 0 Å². The maximum absolute atomic E-state index is 5.96. The van der Waals surface area contributed by atoms with Gasteiger partial charge in [0.1, 0.15) is 0 Å². The van der Waals surface area contributed by atoms with Crippen LogP contribution < -0.4 is 4.74 Å². The van der Waals surface area contributed by atoms with E-state index in [-0.39, 0.29) is 0 Å². The molecule has 0 aliphatic rings. The van der Waals surface area contributed by atoms with Crippen molar-refractivity contribution in [2.45, 2.75) is 78.1 Å². The van der Waals surface area contributed by atoms with Crippen molar-refractivity contribution >= 4 is 32.1 Å². The largest absolute Gasteiger partial charge is 0.484 e. The van der Waals surface area contributed by atoms with Crippen molar-refractivity contribution in [3.8, 4) is 15.8 Å². The number of aromatic nitrogens is 2. The number of fused-ring (bicyclic) bond motifs is 1. The Hall–Kier alpha value is -1.46. The molecule has 0 aliphatic heterocycles. The molecular formula is C23H32N2OS2. The highest BCUT2D eigenvalue weighted by Gasteiger charge is 2.11. The van der Waals surface area contributed by atoms with E-state index in [0.29, 0.717) is 0 Å². The fraction of sp³-hybridized carbons (Fsp3) is 0.565. The van der Waals surface area contributed by atoms with Crippen molar-refractivity contribution in [1.29, 1.82) is 0 Å². The first-order valence-electron chi connectivity index (χ1n) is 10.8. The number of unbranched alkanes of at least 4 members (excludes halogenated alkanes) is 7. The zero-order valence-corrected chi connectivity index (χ0v) is 18.8. The van der Waals surface area contributed by atoms with Crippen molar-refractivity contribution in [1.82, 2.24) is 9.97 Å². The standard InChI is InChI=1S/C23H32N2OS2/c1-3-5-7-8-9-11-13-26-22-15-20-19(28-22)14-21(27-20)23-24-16-18(17-25-23)12-10-6-4-2/h14-17H,3-13H2,1-2H3. The van der Waals surface area contributed by atoms with Crippen molar-refractivity contribution in [3.05, 3.63) is 30.1 Å². The second kappa shape index (κ2) is 11.5. The lowest BCUT2D eigenvalue weighted by molar-refractivity contribution is 0.313. The molecule has 0 aliphatic carbocycles. The van der Waals surface area contributed by atoms with Gasteiger partial charge in [-0.15, -0.1) is 11.3 Å². The minimum atomic E-state index is 0.829. The van der Waals surface area contributed by atoms with E-state index in [0.717, 1.165) is 35.2 Å². The number of hydrogen-bond donors (Lipinski definition) is 0. The van der Waals surface area contributed by atoms with Crippen molar-refractivity contribution < 1.29 is 4.74 Å². The van der Waals surface area contributed by atoms with E-state index in [9.17, 15) is 0 Å². The Kier molecular flexibility index (Phi) is 8.74. The van der Waals surface area contributed by atoms with Gasteiger partial charge in [0.2, 0.25) is 0 Å². The van der Waals surface area contributed by atoms with Gasteiger partial charge in [-0.3, -0.25) is 0 Å². The third kappa shape index (κ3) is 6.28. The molecule has 5 heteroatoms. The zero-order valence-electron chi connectivity index (χ0n) is 17.2. The van der Waals surface area contributed by atoms with Crippen LogP contribution in [0.15, 0.2) is 24.5 Å². The van der Waals surface area contributed by atoms with Crippen LogP contribution >= 0.6 is 22.7 Å². The third-order valence-corrected chi connectivity index (χ3v) is 7.12. The first-order chi connectivity index (χ1) is 13.8. The average molecular weight is 417 g/mol. The molecule has 0 radical (unpaired) electrons. The number of aryl methyl sites for hydroxylation is 1. The minimum absolute atomic E-state index is 0.829. The molecule has 3 rings (SSSR count). The van der Waals surface area contributed by atoms with E-state index in [2.05, 4.69) is 35.9 Å². The SMILES string of the molecule is CCCCCCCCOc1cc2sc(-c3ncc(CCCCC)cn3)cc2s1. The van der Waals surface area contributed by atoms with Gasteiger partial charge in [0, 0.05) is 27.9 Å². The fourth-order valence-electron chi connectivity index (χ4n) is 3.24. The Labute approximate surface area is 177 Å². The summed E-state index contributed by atoms with van der Waals surface area (Å²) in [6.45, 7) is 5.31. The molecule has 3 aromatic rings. The highest BCUT2D eigenvalue weighted by molar-refractivity contribution is 7.30. The van der Waals surface area contributed by atoms with Crippen molar-refractivity contribution in [3.63, 3.8) is 0 Å². The van der Waals surface area contributed by atoms with E-state index in [1.165, 1.54) is 66.3 Å². The second-order valence-electron chi connectivity index (χ2n) is 7.39. The van der Waals surface area contributed by atoms with Crippen molar-refractivity contribution in [2.75, 3.05) is 6.61 Å². The zero-order chi connectivity index (χ0) is 19.6. The van der Waals surface area contributed by atoms with Gasteiger partial charge in [-0.05, 0) is 30.9 Å². The Balaban J connectivity index is 1.49. The van der Waals surface area contributed by atoms with Crippen LogP contribution in [0.1, 0.15) is 77.2 Å². The minimum Gasteiger partial charge on any atom is -0.484 e. The Morgan fingerprint density at radius 2 is 1.46 bits per heavy atom. The summed E-state index contributed by atoms with van der Waals surface area (Å²) in [7, 11) is 0. The lowest BCUT2D eigenvalue weighted by Gasteiger charge is -2.03. The highest BCUT2D eigenvalue weighted by atomic mass is 32.1. The Morgan fingerprint density at radius 1 is 0.786 bits per heavy atom. The van der Waals surface area contributed by atoms with Gasteiger partial charge in [-0.1, -0.05) is 70.1 Å². The quantitative estimate of drug-likeness (QED) is 0.266. The summed E-state index contributed by atoms with van der Waals surface area (Å²) >= 11 is 3.49. The smallest absolute Gasteiger partial charge is 0.175 e. The van der Waals surface area contributed by atoms with Gasteiger partial charge in [-0.2, -0.15) is 0 Å². The summed E-state index contributed by atoms with van der Waals surface area (Å²) < 4.78 is 8.50. The van der Waals surface area contributed by atoms with E-state index in [1.54, 1.807) is 22.7 Å². The molecule has 0 fully saturated rings. The number of rotatable bonds is 13. The maximum Gasteiger partial charge on any atom is 0.175 e. The van der Waals surface area contributed by atoms with Crippen LogP contribution in [0.3, 0.4) is 0 Å². The van der Waals surface area contributed by atoms with Crippen LogP contribution in [0.2, 0.25) is 0 Å². The van der Waals surface area contributed by atoms with Crippen LogP contribution in [0, 0.1) is 0 Å². The lowest BCUT2D eigenvalue weighted by Crippen LogP contribution is -1.95. The number of ether oxygens (including phenoxy) is 1. The molecule has 0 unspecified atom stereocenters. The molecule has 152 valence electrons. The Bertz CT molecular complexity index is 791. The van der Waals surface area contributed by atoms with Crippen LogP contribution in [0.25, 0.3) is 20.1 Å². The van der Waals surface area contributed by atoms with Crippen molar-refractivity contribution in [2.24, 2.45) is 0 Å². The highest BCUT2D eigenvalue weighted by Crippen LogP contribution is 2.40. The second-order valence-corrected chi connectivity index (χ2v) is 9.52. The lowest BCUT2D eigenvalue weighted by atomic mass is 10.1. The van der Waals surface area contributed by atoms with Crippen LogP contribution in [-0.2, 0) is 6.42 Å². The maximum atomic E-state index is 5.96. The van der Waals surface area contributed by atoms with E-state index in [1.807, 2.05) is 12.4 Å². The predicted molar refractivity (Wildman–Crippen MR) is 123 cm³/mol. The molecule has 0 saturated carbocycles. The summed E-state index contributed by atoms with van der Waals surface area (Å²) in [4.78, 5) is 10.3. The summed E-state index contributed by atoms with van der Waals surface area (Å²) in [5.74, 6) is 0.835. The van der Waals surface area contributed by atoms with Gasteiger partial charge >= 0.3 is 0 Å². The van der Waals surface area contributed by atoms with Crippen LogP contribution in [0.5, 0.6) is 5.06 Å². The summed E-state index contributed by atoms with van der Waals surface area (Å²) in [6.07, 6.45) is 16.6. The van der Waals surface area contributed by atoms with Gasteiger partial charge in [0.15, 0.2) is 10.9 Å². The molecule has 0 bridgehead atoms. The molecule has 0 aromatic carbocycles. The van der Waals surface area contributed by atoms with Gasteiger partial charge in [0.05, 0.1) is 11.5 Å². The molecule has 28 heavy (non-hydrogen) atoms. The van der Waals surface area contributed by atoms with Crippen LogP contribution in [-0.4, -0.2) is 16.6 Å². The predicted octanol–water partition coefficient (Wildman–Crippen LogP) is 7.89. The molecular weight excluding hydrogens is 384 g/mol. The molecule has 3 heterocycles. The normalized spacial score (nSPS) is 11.4. The first kappa shape index (κ1) is 21.3. The van der Waals surface area contributed by atoms with E-state index < -0.39 is 0 Å². The molecule has 0 amide bonds. The number of hydrogen-bond acceptors (Lipinski definition) is 5. The fourth-order valence-corrected chi connectivity index (χ4v) is 5.45. The molecule has 3 nitrogen and oxygen atoms in total. The first-order valence-corrected chi connectivity index (χ1v) is 12.4. The number of nitrogens with zero attached hydrogens (tertiary/aromatic N) is 2. The molecule has 0 saturated heterocycles. The number of thiophene rings is 2. The van der Waals surface area contributed by atoms with Crippen LogP contribution in [0.4, 0.5) is 0 Å². The topological polar surface area (TPSA) is 35.0 Å². The van der Waals surface area contributed by atoms with Gasteiger partial charge < -0.3 is 4.74 Å². The summed E-state index contributed by atoms with van der Waals surface area (Å²) in [5, 5.41) is 1.04. The monoisotopic (exact) mass is 416 g/mol. The molecule has 0 N–H and O–H groups in total.